The van der Waals surface area contributed by atoms with Crippen LogP contribution in [0, 0.1) is 0 Å². The first-order chi connectivity index (χ1) is 14.8. The molecule has 0 amide bonds. The van der Waals surface area contributed by atoms with Crippen LogP contribution in [0.4, 0.5) is 8.78 Å². The summed E-state index contributed by atoms with van der Waals surface area (Å²) in [6, 6.07) is 9.65. The molecular formula is C18H13F2NO7S. The summed E-state index contributed by atoms with van der Waals surface area (Å²) in [5.74, 6) is -4.27. The lowest BCUT2D eigenvalue weighted by atomic mass is 10.1. The molecule has 1 unspecified atom stereocenters. The van der Waals surface area contributed by atoms with E-state index in [0.29, 0.717) is 0 Å². The number of nitrogens with two attached hydrogens (primary N) is 1. The number of ketones is 1. The highest BCUT2D eigenvalue weighted by molar-refractivity contribution is 7.86. The van der Waals surface area contributed by atoms with Crippen molar-refractivity contribution in [2.24, 2.45) is 5.73 Å². The monoisotopic (exact) mass is 428 g/mol. The number of hydrogen-bond acceptors (Lipinski definition) is 8. The first kappa shape index (κ1) is 15.6. The van der Waals surface area contributed by atoms with Crippen molar-refractivity contribution in [3.8, 4) is 11.5 Å². The molecule has 0 saturated heterocycles. The lowest BCUT2D eigenvalue weighted by Gasteiger charge is -2.10. The van der Waals surface area contributed by atoms with E-state index in [1.165, 1.54) is 30.3 Å². The third kappa shape index (κ3) is 3.81. The van der Waals surface area contributed by atoms with Gasteiger partial charge in [0.15, 0.2) is 17.6 Å². The standard InChI is InChI=1S/C18H13F2NO7S/c19-18(20)26-12-7-6-11(8-13(12)27-18)15-14(22)16(17(21)25-15)28-29(23,24)9-10-4-2-1-3-5-10/h1-8,15H,9,21H2/i9D2,15D. The molecule has 0 fully saturated rings. The highest BCUT2D eigenvalue weighted by atomic mass is 32.2. The van der Waals surface area contributed by atoms with Gasteiger partial charge in [0.2, 0.25) is 17.4 Å². The second-order valence-electron chi connectivity index (χ2n) is 5.79. The minimum atomic E-state index is -5.15. The molecule has 2 aliphatic rings. The molecule has 4 rings (SSSR count). The fourth-order valence-electron chi connectivity index (χ4n) is 2.56. The molecule has 1 atom stereocenters. The van der Waals surface area contributed by atoms with Crippen LogP contribution >= 0.6 is 0 Å². The predicted octanol–water partition coefficient (Wildman–Crippen LogP) is 2.32. The normalized spacial score (nSPS) is 24.5. The van der Waals surface area contributed by atoms with Gasteiger partial charge in [-0.05, 0) is 17.7 Å². The van der Waals surface area contributed by atoms with Crippen LogP contribution in [0.1, 0.15) is 21.3 Å². The summed E-state index contributed by atoms with van der Waals surface area (Å²) in [6.45, 7) is 0. The van der Waals surface area contributed by atoms with Crippen molar-refractivity contribution in [2.45, 2.75) is 18.1 Å². The third-order valence-corrected chi connectivity index (χ3v) is 4.59. The van der Waals surface area contributed by atoms with Crippen LogP contribution in [-0.2, 0) is 29.5 Å². The molecule has 2 aromatic carbocycles. The summed E-state index contributed by atoms with van der Waals surface area (Å²) in [5, 5.41) is 0. The van der Waals surface area contributed by atoms with Crippen LogP contribution < -0.4 is 15.2 Å². The second-order valence-corrected chi connectivity index (χ2v) is 7.07. The molecule has 152 valence electrons. The molecule has 8 nitrogen and oxygen atoms in total. The Morgan fingerprint density at radius 1 is 1.17 bits per heavy atom. The molecule has 0 bridgehead atoms. The minimum Gasteiger partial charge on any atom is -0.460 e. The molecule has 2 aromatic rings. The molecule has 29 heavy (non-hydrogen) atoms. The van der Waals surface area contributed by atoms with Gasteiger partial charge in [-0.15, -0.1) is 8.78 Å². The van der Waals surface area contributed by atoms with Gasteiger partial charge < -0.3 is 24.1 Å². The number of Topliss-reactive ketones (excluding diaryl/α,β-unsaturated/α-hetero) is 1. The van der Waals surface area contributed by atoms with Gasteiger partial charge in [-0.2, -0.15) is 8.42 Å². The van der Waals surface area contributed by atoms with Gasteiger partial charge in [0.05, 0.1) is 4.11 Å². The third-order valence-electron chi connectivity index (χ3n) is 3.72. The van der Waals surface area contributed by atoms with Crippen LogP contribution in [0.5, 0.6) is 11.5 Å². The number of hydrogen-bond donors (Lipinski definition) is 1. The number of ether oxygens (including phenoxy) is 3. The zero-order chi connectivity index (χ0) is 23.5. The highest BCUT2D eigenvalue weighted by Crippen LogP contribution is 2.43. The van der Waals surface area contributed by atoms with Gasteiger partial charge in [-0.25, -0.2) is 0 Å². The van der Waals surface area contributed by atoms with Gasteiger partial charge in [-0.3, -0.25) is 4.79 Å². The predicted molar refractivity (Wildman–Crippen MR) is 92.8 cm³/mol. The lowest BCUT2D eigenvalue weighted by Crippen LogP contribution is -2.25. The summed E-state index contributed by atoms with van der Waals surface area (Å²) in [5.41, 5.74) is 1.85. The molecule has 0 aromatic heterocycles. The molecule has 0 saturated carbocycles. The SMILES string of the molecule is [2H]C1(c2ccc3c(c2)OC(F)(F)O3)OC(N)=C(OS(=O)(=O)C([2H])([2H])c2ccccc2)C1=O. The Morgan fingerprint density at radius 3 is 2.59 bits per heavy atom. The Labute approximate surface area is 167 Å². The van der Waals surface area contributed by atoms with Gasteiger partial charge in [0.1, 0.15) is 5.70 Å². The van der Waals surface area contributed by atoms with Crippen molar-refractivity contribution in [1.82, 2.24) is 0 Å². The fourth-order valence-corrected chi connectivity index (χ4v) is 3.40. The zero-order valence-corrected chi connectivity index (χ0v) is 15.0. The lowest BCUT2D eigenvalue weighted by molar-refractivity contribution is -0.286. The van der Waals surface area contributed by atoms with E-state index < -0.39 is 51.4 Å². The van der Waals surface area contributed by atoms with E-state index in [2.05, 4.69) is 13.7 Å². The van der Waals surface area contributed by atoms with E-state index in [1.54, 1.807) is 0 Å². The second kappa shape index (κ2) is 6.62. The fraction of sp³-hybridized carbons (Fsp3) is 0.167. The Hall–Kier alpha value is -3.34. The molecular weight excluding hydrogens is 412 g/mol. The smallest absolute Gasteiger partial charge is 0.460 e. The van der Waals surface area contributed by atoms with E-state index in [-0.39, 0.29) is 16.9 Å². The van der Waals surface area contributed by atoms with Crippen molar-refractivity contribution in [2.75, 3.05) is 0 Å². The number of alkyl halides is 2. The molecule has 0 radical (unpaired) electrons. The summed E-state index contributed by atoms with van der Waals surface area (Å²) in [4.78, 5) is 12.8. The quantitative estimate of drug-likeness (QED) is 0.722. The summed E-state index contributed by atoms with van der Waals surface area (Å²) >= 11 is 0. The number of benzene rings is 2. The van der Waals surface area contributed by atoms with E-state index >= 15 is 0 Å². The number of fused-ring (bicyclic) bond motifs is 1. The van der Waals surface area contributed by atoms with Gasteiger partial charge in [0, 0.05) is 5.56 Å². The Bertz CT molecular complexity index is 1250. The number of carbonyl (C=O) groups is 1. The van der Waals surface area contributed by atoms with Gasteiger partial charge in [0.25, 0.3) is 0 Å². The number of halogens is 2. The Balaban J connectivity index is 1.63. The van der Waals surface area contributed by atoms with Crippen molar-refractivity contribution in [3.05, 3.63) is 71.3 Å². The summed E-state index contributed by atoms with van der Waals surface area (Å²) < 4.78 is 94.1. The largest absolute Gasteiger partial charge is 0.586 e. The maximum Gasteiger partial charge on any atom is 0.586 e. The van der Waals surface area contributed by atoms with Gasteiger partial charge in [-0.1, -0.05) is 36.4 Å². The molecule has 0 aliphatic carbocycles. The number of rotatable bonds is 5. The zero-order valence-electron chi connectivity index (χ0n) is 17.2. The molecule has 11 heteroatoms. The van der Waals surface area contributed by atoms with Crippen molar-refractivity contribution in [1.29, 1.82) is 0 Å². The van der Waals surface area contributed by atoms with Crippen molar-refractivity contribution >= 4 is 15.9 Å². The van der Waals surface area contributed by atoms with Crippen LogP contribution in [0.15, 0.2) is 60.2 Å². The number of carbonyl (C=O) groups excluding carboxylic acids is 1. The summed E-state index contributed by atoms with van der Waals surface area (Å²) in [6.07, 6.45) is -6.65. The van der Waals surface area contributed by atoms with Crippen LogP contribution in [0.25, 0.3) is 0 Å². The highest BCUT2D eigenvalue weighted by Gasteiger charge is 2.45. The maximum atomic E-state index is 13.2. The van der Waals surface area contributed by atoms with E-state index in [1.807, 2.05) is 0 Å². The van der Waals surface area contributed by atoms with E-state index in [4.69, 9.17) is 14.6 Å². The van der Waals surface area contributed by atoms with Crippen LogP contribution in [0.3, 0.4) is 0 Å². The van der Waals surface area contributed by atoms with Gasteiger partial charge >= 0.3 is 16.4 Å². The molecule has 2 aliphatic heterocycles. The minimum absolute atomic E-state index is 0.278. The summed E-state index contributed by atoms with van der Waals surface area (Å²) in [7, 11) is -5.15. The van der Waals surface area contributed by atoms with Crippen LogP contribution in [-0.4, -0.2) is 20.5 Å². The average molecular weight is 428 g/mol. The van der Waals surface area contributed by atoms with Crippen molar-refractivity contribution in [3.63, 3.8) is 0 Å². The van der Waals surface area contributed by atoms with E-state index in [9.17, 15) is 22.0 Å². The Kier molecular flexibility index (Phi) is 3.55. The van der Waals surface area contributed by atoms with E-state index in [0.717, 1.165) is 18.2 Å². The van der Waals surface area contributed by atoms with Crippen molar-refractivity contribution < 1.29 is 44.5 Å². The Morgan fingerprint density at radius 2 is 1.86 bits per heavy atom. The molecule has 0 spiro atoms. The first-order valence-corrected chi connectivity index (χ1v) is 9.31. The molecule has 2 heterocycles. The topological polar surface area (TPSA) is 114 Å². The molecule has 2 N–H and O–H groups in total. The van der Waals surface area contributed by atoms with Crippen LogP contribution in [0.2, 0.25) is 0 Å². The maximum absolute atomic E-state index is 13.2. The average Bonchev–Trinajstić information content (AvgIpc) is 3.14. The first-order valence-electron chi connectivity index (χ1n) is 9.40.